The highest BCUT2D eigenvalue weighted by molar-refractivity contribution is 7.92. The van der Waals surface area contributed by atoms with Gasteiger partial charge in [0.1, 0.15) is 18.3 Å². The SMILES string of the molecule is CC[C@H](C)NC(=O)[C@H](C)N(CCc1ccccc1)C(=O)CN(c1cc(C)ccc1OC)S(=O)(=O)c1ccccc1. The van der Waals surface area contributed by atoms with Crippen LogP contribution in [-0.4, -0.2) is 57.4 Å². The number of rotatable bonds is 13. The van der Waals surface area contributed by atoms with Gasteiger partial charge in [-0.25, -0.2) is 8.42 Å². The van der Waals surface area contributed by atoms with Gasteiger partial charge in [0.05, 0.1) is 17.7 Å². The smallest absolute Gasteiger partial charge is 0.264 e. The predicted octanol–water partition coefficient (Wildman–Crippen LogP) is 4.57. The van der Waals surface area contributed by atoms with Crippen LogP contribution in [0.25, 0.3) is 0 Å². The Hall–Kier alpha value is -3.85. The summed E-state index contributed by atoms with van der Waals surface area (Å²) in [4.78, 5) is 28.6. The number of aryl methyl sites for hydroxylation is 1. The number of nitrogens with zero attached hydrogens (tertiary/aromatic N) is 2. The molecule has 40 heavy (non-hydrogen) atoms. The molecule has 2 amide bonds. The first-order chi connectivity index (χ1) is 19.1. The van der Waals surface area contributed by atoms with Crippen molar-refractivity contribution in [1.82, 2.24) is 10.2 Å². The molecule has 0 aliphatic carbocycles. The van der Waals surface area contributed by atoms with Gasteiger partial charge in [0.2, 0.25) is 11.8 Å². The van der Waals surface area contributed by atoms with Crippen LogP contribution in [0.2, 0.25) is 0 Å². The molecule has 1 N–H and O–H groups in total. The van der Waals surface area contributed by atoms with Crippen LogP contribution in [0, 0.1) is 6.92 Å². The molecule has 0 heterocycles. The molecule has 8 nitrogen and oxygen atoms in total. The summed E-state index contributed by atoms with van der Waals surface area (Å²) in [6.45, 7) is 7.11. The van der Waals surface area contributed by atoms with Crippen molar-refractivity contribution in [3.05, 3.63) is 90.0 Å². The third-order valence-corrected chi connectivity index (χ3v) is 8.64. The van der Waals surface area contributed by atoms with Crippen LogP contribution < -0.4 is 14.4 Å². The quantitative estimate of drug-likeness (QED) is 0.328. The number of benzene rings is 3. The van der Waals surface area contributed by atoms with Crippen molar-refractivity contribution in [2.24, 2.45) is 0 Å². The van der Waals surface area contributed by atoms with Crippen molar-refractivity contribution in [1.29, 1.82) is 0 Å². The maximum atomic E-state index is 14.0. The summed E-state index contributed by atoms with van der Waals surface area (Å²) in [5.41, 5.74) is 2.06. The molecule has 0 unspecified atom stereocenters. The zero-order chi connectivity index (χ0) is 29.3. The van der Waals surface area contributed by atoms with Crippen molar-refractivity contribution < 1.29 is 22.7 Å². The number of anilines is 1. The van der Waals surface area contributed by atoms with Crippen LogP contribution in [0.3, 0.4) is 0 Å². The summed E-state index contributed by atoms with van der Waals surface area (Å²) in [6, 6.07) is 21.9. The molecule has 2 atom stereocenters. The molecule has 0 saturated carbocycles. The van der Waals surface area contributed by atoms with E-state index in [1.807, 2.05) is 57.2 Å². The number of carbonyl (C=O) groups is 2. The first-order valence-corrected chi connectivity index (χ1v) is 14.9. The van der Waals surface area contributed by atoms with Gasteiger partial charge in [-0.2, -0.15) is 0 Å². The van der Waals surface area contributed by atoms with Gasteiger partial charge in [0.25, 0.3) is 10.0 Å². The lowest BCUT2D eigenvalue weighted by Crippen LogP contribution is -2.53. The number of methoxy groups -OCH3 is 1. The molecule has 0 spiro atoms. The third kappa shape index (κ3) is 7.63. The first kappa shape index (κ1) is 30.7. The van der Waals surface area contributed by atoms with E-state index in [9.17, 15) is 18.0 Å². The van der Waals surface area contributed by atoms with Gasteiger partial charge in [-0.1, -0.05) is 61.5 Å². The number of hydrogen-bond donors (Lipinski definition) is 1. The van der Waals surface area contributed by atoms with Gasteiger partial charge >= 0.3 is 0 Å². The van der Waals surface area contributed by atoms with E-state index in [1.54, 1.807) is 37.3 Å². The van der Waals surface area contributed by atoms with Crippen molar-refractivity contribution in [3.8, 4) is 5.75 Å². The molecule has 0 fully saturated rings. The van der Waals surface area contributed by atoms with Crippen molar-refractivity contribution >= 4 is 27.5 Å². The Labute approximate surface area is 238 Å². The molecule has 0 aliphatic rings. The van der Waals surface area contributed by atoms with E-state index in [0.29, 0.717) is 12.2 Å². The Bertz CT molecular complexity index is 1380. The summed E-state index contributed by atoms with van der Waals surface area (Å²) in [7, 11) is -2.71. The molecule has 0 radical (unpaired) electrons. The van der Waals surface area contributed by atoms with Crippen LogP contribution >= 0.6 is 0 Å². The minimum atomic E-state index is -4.16. The highest BCUT2D eigenvalue weighted by Gasteiger charge is 2.33. The van der Waals surface area contributed by atoms with Gasteiger partial charge in [-0.15, -0.1) is 0 Å². The van der Waals surface area contributed by atoms with Crippen LogP contribution in [0.5, 0.6) is 5.75 Å². The van der Waals surface area contributed by atoms with Gasteiger partial charge < -0.3 is 15.0 Å². The molecule has 0 aromatic heterocycles. The largest absolute Gasteiger partial charge is 0.495 e. The number of amides is 2. The third-order valence-electron chi connectivity index (χ3n) is 6.87. The van der Waals surface area contributed by atoms with E-state index in [-0.39, 0.29) is 29.1 Å². The molecular formula is C31H39N3O5S. The fourth-order valence-electron chi connectivity index (χ4n) is 4.26. The molecule has 3 aromatic carbocycles. The maximum absolute atomic E-state index is 14.0. The molecule has 0 bridgehead atoms. The Morgan fingerprint density at radius 3 is 2.17 bits per heavy atom. The van der Waals surface area contributed by atoms with E-state index in [2.05, 4.69) is 5.32 Å². The second-order valence-corrected chi connectivity index (χ2v) is 11.7. The van der Waals surface area contributed by atoms with Crippen LogP contribution in [0.4, 0.5) is 5.69 Å². The lowest BCUT2D eigenvalue weighted by molar-refractivity contribution is -0.139. The highest BCUT2D eigenvalue weighted by atomic mass is 32.2. The van der Waals surface area contributed by atoms with Gasteiger partial charge in [-0.05, 0) is 69.0 Å². The van der Waals surface area contributed by atoms with E-state index in [0.717, 1.165) is 21.9 Å². The number of carbonyl (C=O) groups excluding carboxylic acids is 2. The number of ether oxygens (including phenoxy) is 1. The van der Waals surface area contributed by atoms with E-state index in [1.165, 1.54) is 24.1 Å². The van der Waals surface area contributed by atoms with E-state index < -0.39 is 28.5 Å². The number of sulfonamides is 1. The molecule has 3 aromatic rings. The van der Waals surface area contributed by atoms with Crippen molar-refractivity contribution in [2.45, 2.75) is 57.5 Å². The molecule has 3 rings (SSSR count). The second-order valence-electron chi connectivity index (χ2n) is 9.82. The summed E-state index contributed by atoms with van der Waals surface area (Å²) in [5.74, 6) is -0.469. The van der Waals surface area contributed by atoms with E-state index in [4.69, 9.17) is 4.74 Å². The average Bonchev–Trinajstić information content (AvgIpc) is 2.96. The molecule has 9 heteroatoms. The summed E-state index contributed by atoms with van der Waals surface area (Å²) < 4.78 is 34.5. The predicted molar refractivity (Wildman–Crippen MR) is 158 cm³/mol. The highest BCUT2D eigenvalue weighted by Crippen LogP contribution is 2.33. The minimum Gasteiger partial charge on any atom is -0.495 e. The van der Waals surface area contributed by atoms with Crippen LogP contribution in [0.1, 0.15) is 38.3 Å². The van der Waals surface area contributed by atoms with Crippen LogP contribution in [0.15, 0.2) is 83.8 Å². The zero-order valence-electron chi connectivity index (χ0n) is 23.8. The number of nitrogens with one attached hydrogen (secondary N) is 1. The molecule has 0 saturated heterocycles. The van der Waals surface area contributed by atoms with Crippen LogP contribution in [-0.2, 0) is 26.0 Å². The topological polar surface area (TPSA) is 96.0 Å². The fraction of sp³-hybridized carbons (Fsp3) is 0.355. The molecular weight excluding hydrogens is 526 g/mol. The minimum absolute atomic E-state index is 0.0461. The Morgan fingerprint density at radius 2 is 1.57 bits per heavy atom. The van der Waals surface area contributed by atoms with Crippen molar-refractivity contribution in [3.63, 3.8) is 0 Å². The number of hydrogen-bond acceptors (Lipinski definition) is 5. The summed E-state index contributed by atoms with van der Waals surface area (Å²) in [5, 5.41) is 2.94. The summed E-state index contributed by atoms with van der Waals surface area (Å²) in [6.07, 6.45) is 1.25. The Balaban J connectivity index is 2.03. The monoisotopic (exact) mass is 565 g/mol. The summed E-state index contributed by atoms with van der Waals surface area (Å²) >= 11 is 0. The molecule has 0 aliphatic heterocycles. The Morgan fingerprint density at radius 1 is 0.950 bits per heavy atom. The Kier molecular flexibility index (Phi) is 10.7. The first-order valence-electron chi connectivity index (χ1n) is 13.4. The lowest BCUT2D eigenvalue weighted by Gasteiger charge is -2.33. The lowest BCUT2D eigenvalue weighted by atomic mass is 10.1. The van der Waals surface area contributed by atoms with Gasteiger partial charge in [0, 0.05) is 12.6 Å². The zero-order valence-corrected chi connectivity index (χ0v) is 24.6. The normalized spacial score (nSPS) is 12.7. The fourth-order valence-corrected chi connectivity index (χ4v) is 5.70. The average molecular weight is 566 g/mol. The standard InChI is InChI=1S/C31H39N3O5S/c1-6-24(3)32-31(36)25(4)33(20-19-26-13-9-7-10-14-26)30(35)22-34(28-21-23(2)17-18-29(28)39-5)40(37,38)27-15-11-8-12-16-27/h7-18,21,24-25H,6,19-20,22H2,1-5H3,(H,32,36)/t24-,25-/m0/s1. The maximum Gasteiger partial charge on any atom is 0.264 e. The van der Waals surface area contributed by atoms with Crippen molar-refractivity contribution in [2.75, 3.05) is 24.5 Å². The second kappa shape index (κ2) is 14.0. The molecule has 214 valence electrons. The van der Waals surface area contributed by atoms with E-state index >= 15 is 0 Å². The van der Waals surface area contributed by atoms with Gasteiger partial charge in [-0.3, -0.25) is 13.9 Å². The van der Waals surface area contributed by atoms with Gasteiger partial charge in [0.15, 0.2) is 0 Å².